The maximum atomic E-state index is 12.1. The zero-order chi connectivity index (χ0) is 12.4. The minimum atomic E-state index is -0.0779. The Hall–Kier alpha value is -1.49. The number of nitrogens with zero attached hydrogens (tertiary/aromatic N) is 1. The molecule has 1 fully saturated rings. The van der Waals surface area contributed by atoms with Gasteiger partial charge in [-0.2, -0.15) is 0 Å². The zero-order valence-electron chi connectivity index (χ0n) is 10.3. The van der Waals surface area contributed by atoms with Crippen molar-refractivity contribution in [2.75, 3.05) is 12.3 Å². The van der Waals surface area contributed by atoms with Gasteiger partial charge < -0.3 is 20.4 Å². The third-order valence-electron chi connectivity index (χ3n) is 3.18. The summed E-state index contributed by atoms with van der Waals surface area (Å²) in [5, 5.41) is 2.99. The molecule has 2 unspecified atom stereocenters. The number of nitrogens with one attached hydrogen (secondary N) is 1. The SMILES string of the molecule is CCn1cc(N)cc1C(=O)NC1CCOC1C. The lowest BCUT2D eigenvalue weighted by atomic mass is 10.1. The van der Waals surface area contributed by atoms with Crippen LogP contribution in [0.1, 0.15) is 30.8 Å². The third-order valence-corrected chi connectivity index (χ3v) is 3.18. The predicted octanol–water partition coefficient (Wildman–Crippen LogP) is 0.997. The largest absolute Gasteiger partial charge is 0.397 e. The molecule has 1 amide bonds. The Morgan fingerprint density at radius 3 is 3.06 bits per heavy atom. The highest BCUT2D eigenvalue weighted by Crippen LogP contribution is 2.15. The van der Waals surface area contributed by atoms with E-state index in [2.05, 4.69) is 5.32 Å². The van der Waals surface area contributed by atoms with Crippen LogP contribution in [0, 0.1) is 0 Å². The Labute approximate surface area is 101 Å². The van der Waals surface area contributed by atoms with E-state index >= 15 is 0 Å². The van der Waals surface area contributed by atoms with Gasteiger partial charge in [-0.1, -0.05) is 0 Å². The fourth-order valence-electron chi connectivity index (χ4n) is 2.15. The molecule has 94 valence electrons. The molecule has 2 rings (SSSR count). The topological polar surface area (TPSA) is 69.3 Å². The van der Waals surface area contributed by atoms with E-state index in [0.717, 1.165) is 13.0 Å². The van der Waals surface area contributed by atoms with E-state index in [9.17, 15) is 4.79 Å². The minimum absolute atomic E-state index is 0.0779. The Kier molecular flexibility index (Phi) is 3.38. The summed E-state index contributed by atoms with van der Waals surface area (Å²) in [4.78, 5) is 12.1. The average molecular weight is 237 g/mol. The number of amides is 1. The summed E-state index contributed by atoms with van der Waals surface area (Å²) in [5.74, 6) is -0.0779. The zero-order valence-corrected chi connectivity index (χ0v) is 10.3. The lowest BCUT2D eigenvalue weighted by molar-refractivity contribution is 0.0858. The second-order valence-electron chi connectivity index (χ2n) is 4.39. The molecule has 2 atom stereocenters. The maximum absolute atomic E-state index is 12.1. The van der Waals surface area contributed by atoms with Crippen LogP contribution in [0.2, 0.25) is 0 Å². The number of nitrogen functional groups attached to an aromatic ring is 1. The second-order valence-corrected chi connectivity index (χ2v) is 4.39. The van der Waals surface area contributed by atoms with Crippen molar-refractivity contribution in [2.45, 2.75) is 39.0 Å². The number of aromatic nitrogens is 1. The Bertz CT molecular complexity index is 414. The van der Waals surface area contributed by atoms with Crippen LogP contribution < -0.4 is 11.1 Å². The molecule has 5 heteroatoms. The van der Waals surface area contributed by atoms with Gasteiger partial charge in [-0.25, -0.2) is 0 Å². The monoisotopic (exact) mass is 237 g/mol. The molecule has 1 aromatic rings. The van der Waals surface area contributed by atoms with Crippen LogP contribution in [-0.2, 0) is 11.3 Å². The van der Waals surface area contributed by atoms with Crippen LogP contribution in [-0.4, -0.2) is 29.2 Å². The van der Waals surface area contributed by atoms with Crippen molar-refractivity contribution in [3.8, 4) is 0 Å². The summed E-state index contributed by atoms with van der Waals surface area (Å²) in [7, 11) is 0. The van der Waals surface area contributed by atoms with Gasteiger partial charge in [0.2, 0.25) is 0 Å². The van der Waals surface area contributed by atoms with Crippen LogP contribution in [0.4, 0.5) is 5.69 Å². The van der Waals surface area contributed by atoms with Crippen molar-refractivity contribution < 1.29 is 9.53 Å². The first-order valence-corrected chi connectivity index (χ1v) is 6.00. The standard InChI is InChI=1S/C12H19N3O2/c1-3-15-7-9(13)6-11(15)12(16)14-10-4-5-17-8(10)2/h6-8,10H,3-5,13H2,1-2H3,(H,14,16). The quantitative estimate of drug-likeness (QED) is 0.824. The van der Waals surface area contributed by atoms with Crippen LogP contribution in [0.5, 0.6) is 0 Å². The number of carbonyl (C=O) groups excluding carboxylic acids is 1. The van der Waals surface area contributed by atoms with Gasteiger partial charge in [0, 0.05) is 19.3 Å². The fourth-order valence-corrected chi connectivity index (χ4v) is 2.15. The van der Waals surface area contributed by atoms with Crippen LogP contribution in [0.15, 0.2) is 12.3 Å². The van der Waals surface area contributed by atoms with Gasteiger partial charge in [0.05, 0.1) is 17.8 Å². The van der Waals surface area contributed by atoms with Gasteiger partial charge in [-0.15, -0.1) is 0 Å². The second kappa shape index (κ2) is 4.79. The van der Waals surface area contributed by atoms with E-state index in [1.165, 1.54) is 0 Å². The Morgan fingerprint density at radius 1 is 1.71 bits per heavy atom. The molecule has 5 nitrogen and oxygen atoms in total. The molecule has 2 heterocycles. The van der Waals surface area contributed by atoms with Crippen molar-refractivity contribution in [3.05, 3.63) is 18.0 Å². The van der Waals surface area contributed by atoms with Gasteiger partial charge >= 0.3 is 0 Å². The maximum Gasteiger partial charge on any atom is 0.268 e. The summed E-state index contributed by atoms with van der Waals surface area (Å²) < 4.78 is 7.27. The van der Waals surface area contributed by atoms with E-state index in [0.29, 0.717) is 18.0 Å². The number of aryl methyl sites for hydroxylation is 1. The van der Waals surface area contributed by atoms with Gasteiger partial charge in [0.25, 0.3) is 5.91 Å². The summed E-state index contributed by atoms with van der Waals surface area (Å²) in [6, 6.07) is 1.81. The number of carbonyl (C=O) groups is 1. The van der Waals surface area contributed by atoms with E-state index in [4.69, 9.17) is 10.5 Å². The lowest BCUT2D eigenvalue weighted by Crippen LogP contribution is -2.39. The summed E-state index contributed by atoms with van der Waals surface area (Å²) in [6.07, 6.45) is 2.74. The first-order valence-electron chi connectivity index (χ1n) is 6.00. The van der Waals surface area contributed by atoms with E-state index in [-0.39, 0.29) is 18.1 Å². The first kappa shape index (κ1) is 12.0. The molecule has 17 heavy (non-hydrogen) atoms. The Morgan fingerprint density at radius 2 is 2.47 bits per heavy atom. The van der Waals surface area contributed by atoms with Gasteiger partial charge in [0.1, 0.15) is 5.69 Å². The minimum Gasteiger partial charge on any atom is -0.397 e. The van der Waals surface area contributed by atoms with Crippen molar-refractivity contribution in [3.63, 3.8) is 0 Å². The Balaban J connectivity index is 2.08. The van der Waals surface area contributed by atoms with Crippen LogP contribution in [0.3, 0.4) is 0 Å². The first-order chi connectivity index (χ1) is 8.11. The van der Waals surface area contributed by atoms with Crippen molar-refractivity contribution >= 4 is 11.6 Å². The number of hydrogen-bond donors (Lipinski definition) is 2. The highest BCUT2D eigenvalue weighted by Gasteiger charge is 2.26. The number of nitrogens with two attached hydrogens (primary N) is 1. The third kappa shape index (κ3) is 2.44. The molecule has 3 N–H and O–H groups in total. The number of rotatable bonds is 3. The molecule has 1 aliphatic heterocycles. The fraction of sp³-hybridized carbons (Fsp3) is 0.583. The van der Waals surface area contributed by atoms with Crippen molar-refractivity contribution in [2.24, 2.45) is 0 Å². The van der Waals surface area contributed by atoms with E-state index in [1.54, 1.807) is 12.3 Å². The number of ether oxygens (including phenoxy) is 1. The number of anilines is 1. The molecule has 1 aliphatic rings. The van der Waals surface area contributed by atoms with Gasteiger partial charge in [0.15, 0.2) is 0 Å². The molecule has 0 aromatic carbocycles. The lowest BCUT2D eigenvalue weighted by Gasteiger charge is -2.16. The smallest absolute Gasteiger partial charge is 0.268 e. The molecule has 0 radical (unpaired) electrons. The van der Waals surface area contributed by atoms with Gasteiger partial charge in [-0.05, 0) is 26.3 Å². The van der Waals surface area contributed by atoms with Crippen LogP contribution >= 0.6 is 0 Å². The molecule has 0 spiro atoms. The molecular weight excluding hydrogens is 218 g/mol. The normalized spacial score (nSPS) is 23.9. The highest BCUT2D eigenvalue weighted by atomic mass is 16.5. The molecule has 1 aromatic heterocycles. The van der Waals surface area contributed by atoms with Gasteiger partial charge in [-0.3, -0.25) is 4.79 Å². The molecular formula is C12H19N3O2. The molecule has 1 saturated heterocycles. The van der Waals surface area contributed by atoms with E-state index in [1.807, 2.05) is 18.4 Å². The van der Waals surface area contributed by atoms with Crippen LogP contribution in [0.25, 0.3) is 0 Å². The highest BCUT2D eigenvalue weighted by molar-refractivity contribution is 5.94. The molecule has 0 aliphatic carbocycles. The summed E-state index contributed by atoms with van der Waals surface area (Å²) in [5.41, 5.74) is 6.94. The van der Waals surface area contributed by atoms with Crippen molar-refractivity contribution in [1.29, 1.82) is 0 Å². The predicted molar refractivity (Wildman–Crippen MR) is 65.8 cm³/mol. The molecule has 0 saturated carbocycles. The summed E-state index contributed by atoms with van der Waals surface area (Å²) >= 11 is 0. The van der Waals surface area contributed by atoms with E-state index < -0.39 is 0 Å². The molecule has 0 bridgehead atoms. The average Bonchev–Trinajstić information content (AvgIpc) is 2.85. The number of hydrogen-bond acceptors (Lipinski definition) is 3. The summed E-state index contributed by atoms with van der Waals surface area (Å²) in [6.45, 7) is 5.41. The van der Waals surface area contributed by atoms with Crippen molar-refractivity contribution in [1.82, 2.24) is 9.88 Å².